The fourth-order valence-electron chi connectivity index (χ4n) is 2.17. The third-order valence-electron chi connectivity index (χ3n) is 3.23. The first-order chi connectivity index (χ1) is 10.5. The van der Waals surface area contributed by atoms with E-state index in [4.69, 9.17) is 16.3 Å². The van der Waals surface area contributed by atoms with Gasteiger partial charge in [-0.05, 0) is 30.3 Å². The fraction of sp³-hybridized carbons (Fsp3) is 0.200. The number of halogens is 1. The molecule has 7 heteroatoms. The lowest BCUT2D eigenvalue weighted by atomic mass is 10.1. The van der Waals surface area contributed by atoms with Gasteiger partial charge in [-0.2, -0.15) is 0 Å². The molecule has 0 bridgehead atoms. The molecule has 1 N–H and O–H groups in total. The molecule has 1 aliphatic heterocycles. The Kier molecular flexibility index (Phi) is 4.04. The molecule has 114 valence electrons. The number of thiophene rings is 1. The summed E-state index contributed by atoms with van der Waals surface area (Å²) in [5, 5.41) is 2.70. The van der Waals surface area contributed by atoms with Gasteiger partial charge in [0, 0.05) is 17.5 Å². The number of carbonyl (C=O) groups excluding carboxylic acids is 2. The van der Waals surface area contributed by atoms with E-state index in [1.165, 1.54) is 11.3 Å². The minimum Gasteiger partial charge on any atom is -0.482 e. The van der Waals surface area contributed by atoms with Crippen molar-refractivity contribution >= 4 is 40.4 Å². The molecule has 2 amide bonds. The standard InChI is InChI=1S/C15H13ClN2O3S/c1-18(7-10-3-5-13(16)22-10)15(20)9-2-4-11-12(6-9)21-8-14(19)17-11/h2-6H,7-8H2,1H3,(H,17,19). The maximum Gasteiger partial charge on any atom is 0.262 e. The molecule has 0 saturated carbocycles. The Hall–Kier alpha value is -2.05. The van der Waals surface area contributed by atoms with Gasteiger partial charge in [-0.1, -0.05) is 11.6 Å². The number of nitrogens with one attached hydrogen (secondary N) is 1. The van der Waals surface area contributed by atoms with Crippen molar-refractivity contribution in [3.8, 4) is 5.75 Å². The zero-order valence-corrected chi connectivity index (χ0v) is 13.3. The lowest BCUT2D eigenvalue weighted by Crippen LogP contribution is -2.27. The minimum atomic E-state index is -0.196. The second-order valence-electron chi connectivity index (χ2n) is 4.91. The Morgan fingerprint density at radius 2 is 2.23 bits per heavy atom. The second-order valence-corrected chi connectivity index (χ2v) is 6.71. The summed E-state index contributed by atoms with van der Waals surface area (Å²) in [4.78, 5) is 26.3. The Labute approximate surface area is 136 Å². The first-order valence-electron chi connectivity index (χ1n) is 6.59. The number of amides is 2. The number of benzene rings is 1. The summed E-state index contributed by atoms with van der Waals surface area (Å²) in [6, 6.07) is 8.72. The van der Waals surface area contributed by atoms with Gasteiger partial charge in [0.1, 0.15) is 5.75 Å². The number of ether oxygens (including phenoxy) is 1. The highest BCUT2D eigenvalue weighted by atomic mass is 35.5. The van der Waals surface area contributed by atoms with Crippen LogP contribution >= 0.6 is 22.9 Å². The van der Waals surface area contributed by atoms with Crippen LogP contribution in [0.4, 0.5) is 5.69 Å². The third kappa shape index (κ3) is 3.08. The van der Waals surface area contributed by atoms with Gasteiger partial charge in [0.2, 0.25) is 0 Å². The highest BCUT2D eigenvalue weighted by molar-refractivity contribution is 7.16. The molecule has 1 aliphatic rings. The lowest BCUT2D eigenvalue weighted by Gasteiger charge is -2.20. The van der Waals surface area contributed by atoms with Crippen LogP contribution in [0.25, 0.3) is 0 Å². The van der Waals surface area contributed by atoms with Gasteiger partial charge in [0.15, 0.2) is 6.61 Å². The van der Waals surface area contributed by atoms with Crippen molar-refractivity contribution in [1.82, 2.24) is 4.90 Å². The molecule has 2 aromatic rings. The van der Waals surface area contributed by atoms with Crippen LogP contribution in [-0.2, 0) is 11.3 Å². The summed E-state index contributed by atoms with van der Waals surface area (Å²) >= 11 is 7.35. The molecule has 22 heavy (non-hydrogen) atoms. The van der Waals surface area contributed by atoms with Crippen molar-refractivity contribution in [3.63, 3.8) is 0 Å². The molecule has 0 unspecified atom stereocenters. The van der Waals surface area contributed by atoms with E-state index in [0.29, 0.717) is 27.9 Å². The van der Waals surface area contributed by atoms with Crippen LogP contribution in [-0.4, -0.2) is 30.4 Å². The number of hydrogen-bond donors (Lipinski definition) is 1. The Balaban J connectivity index is 1.75. The van der Waals surface area contributed by atoms with E-state index >= 15 is 0 Å². The quantitative estimate of drug-likeness (QED) is 0.937. The Bertz CT molecular complexity index is 744. The summed E-state index contributed by atoms with van der Waals surface area (Å²) in [6.07, 6.45) is 0. The summed E-state index contributed by atoms with van der Waals surface area (Å²) in [7, 11) is 1.73. The number of rotatable bonds is 3. The van der Waals surface area contributed by atoms with Crippen LogP contribution in [0.15, 0.2) is 30.3 Å². The highest BCUT2D eigenvalue weighted by Crippen LogP contribution is 2.29. The normalized spacial score (nSPS) is 13.1. The summed E-state index contributed by atoms with van der Waals surface area (Å²) < 4.78 is 6.03. The Morgan fingerprint density at radius 1 is 1.41 bits per heavy atom. The number of fused-ring (bicyclic) bond motifs is 1. The molecule has 3 rings (SSSR count). The molecule has 2 heterocycles. The first kappa shape index (κ1) is 14.9. The van der Waals surface area contributed by atoms with E-state index in [9.17, 15) is 9.59 Å². The van der Waals surface area contributed by atoms with Crippen molar-refractivity contribution in [3.05, 3.63) is 45.1 Å². The van der Waals surface area contributed by atoms with Crippen LogP contribution in [0, 0.1) is 0 Å². The molecule has 0 aliphatic carbocycles. The molecule has 1 aromatic heterocycles. The average Bonchev–Trinajstić information content (AvgIpc) is 2.91. The van der Waals surface area contributed by atoms with Gasteiger partial charge in [-0.25, -0.2) is 0 Å². The van der Waals surface area contributed by atoms with E-state index in [-0.39, 0.29) is 18.4 Å². The first-order valence-corrected chi connectivity index (χ1v) is 7.79. The molecular formula is C15H13ClN2O3S. The van der Waals surface area contributed by atoms with E-state index < -0.39 is 0 Å². The van der Waals surface area contributed by atoms with Crippen molar-refractivity contribution in [2.75, 3.05) is 19.0 Å². The largest absolute Gasteiger partial charge is 0.482 e. The van der Waals surface area contributed by atoms with E-state index in [1.54, 1.807) is 30.1 Å². The van der Waals surface area contributed by atoms with Gasteiger partial charge in [0.05, 0.1) is 16.6 Å². The SMILES string of the molecule is CN(Cc1ccc(Cl)s1)C(=O)c1ccc2c(c1)OCC(=O)N2. The summed E-state index contributed by atoms with van der Waals surface area (Å²) in [5.74, 6) is 0.198. The fourth-order valence-corrected chi connectivity index (χ4v) is 3.31. The van der Waals surface area contributed by atoms with E-state index in [0.717, 1.165) is 4.88 Å². The van der Waals surface area contributed by atoms with Gasteiger partial charge >= 0.3 is 0 Å². The minimum absolute atomic E-state index is 0.0336. The molecule has 1 aromatic carbocycles. The zero-order chi connectivity index (χ0) is 15.7. The van der Waals surface area contributed by atoms with Crippen molar-refractivity contribution in [2.45, 2.75) is 6.54 Å². The monoisotopic (exact) mass is 336 g/mol. The van der Waals surface area contributed by atoms with Crippen molar-refractivity contribution in [2.24, 2.45) is 0 Å². The third-order valence-corrected chi connectivity index (χ3v) is 4.45. The second kappa shape index (κ2) is 5.98. The number of anilines is 1. The molecule has 0 spiro atoms. The molecule has 0 fully saturated rings. The molecular weight excluding hydrogens is 324 g/mol. The Morgan fingerprint density at radius 3 is 2.95 bits per heavy atom. The average molecular weight is 337 g/mol. The maximum absolute atomic E-state index is 12.5. The topological polar surface area (TPSA) is 58.6 Å². The smallest absolute Gasteiger partial charge is 0.262 e. The van der Waals surface area contributed by atoms with Crippen LogP contribution in [0.5, 0.6) is 5.75 Å². The number of hydrogen-bond acceptors (Lipinski definition) is 4. The van der Waals surface area contributed by atoms with Crippen LogP contribution in [0.1, 0.15) is 15.2 Å². The van der Waals surface area contributed by atoms with Crippen LogP contribution in [0.3, 0.4) is 0 Å². The van der Waals surface area contributed by atoms with E-state index in [2.05, 4.69) is 5.32 Å². The lowest BCUT2D eigenvalue weighted by molar-refractivity contribution is -0.118. The van der Waals surface area contributed by atoms with Gasteiger partial charge in [-0.15, -0.1) is 11.3 Å². The summed E-state index contributed by atoms with van der Waals surface area (Å²) in [6.45, 7) is 0.457. The summed E-state index contributed by atoms with van der Waals surface area (Å²) in [5.41, 5.74) is 1.10. The molecule has 0 saturated heterocycles. The van der Waals surface area contributed by atoms with Crippen molar-refractivity contribution < 1.29 is 14.3 Å². The number of nitrogens with zero attached hydrogens (tertiary/aromatic N) is 1. The molecule has 0 radical (unpaired) electrons. The van der Waals surface area contributed by atoms with Gasteiger partial charge < -0.3 is 15.0 Å². The van der Waals surface area contributed by atoms with Gasteiger partial charge in [-0.3, -0.25) is 9.59 Å². The molecule has 5 nitrogen and oxygen atoms in total. The van der Waals surface area contributed by atoms with Crippen LogP contribution < -0.4 is 10.1 Å². The maximum atomic E-state index is 12.5. The predicted octanol–water partition coefficient (Wildman–Crippen LogP) is 3.00. The van der Waals surface area contributed by atoms with Crippen LogP contribution in [0.2, 0.25) is 4.34 Å². The zero-order valence-electron chi connectivity index (χ0n) is 11.8. The van der Waals surface area contributed by atoms with Gasteiger partial charge in [0.25, 0.3) is 11.8 Å². The number of carbonyl (C=O) groups is 2. The van der Waals surface area contributed by atoms with E-state index in [1.807, 2.05) is 12.1 Å². The molecule has 0 atom stereocenters. The highest BCUT2D eigenvalue weighted by Gasteiger charge is 2.19. The predicted molar refractivity (Wildman–Crippen MR) is 85.7 cm³/mol. The van der Waals surface area contributed by atoms with Crippen molar-refractivity contribution in [1.29, 1.82) is 0 Å².